The SMILES string of the molecule is N#CCS(=O)(=O)Nc1ccc(F)c(Br)c1. The van der Waals surface area contributed by atoms with Crippen LogP contribution in [0.25, 0.3) is 0 Å². The number of halogens is 2. The molecule has 1 aromatic rings. The molecule has 0 heterocycles. The normalized spacial score (nSPS) is 10.7. The quantitative estimate of drug-likeness (QED) is 0.924. The molecule has 4 nitrogen and oxygen atoms in total. The van der Waals surface area contributed by atoms with E-state index in [4.69, 9.17) is 5.26 Å². The average molecular weight is 293 g/mol. The van der Waals surface area contributed by atoms with Gasteiger partial charge in [-0.1, -0.05) is 0 Å². The van der Waals surface area contributed by atoms with Gasteiger partial charge in [-0.05, 0) is 34.1 Å². The lowest BCUT2D eigenvalue weighted by atomic mass is 10.3. The Morgan fingerprint density at radius 2 is 2.20 bits per heavy atom. The lowest BCUT2D eigenvalue weighted by Crippen LogP contribution is -2.15. The maximum absolute atomic E-state index is 12.8. The Hall–Kier alpha value is -1.13. The number of rotatable bonds is 3. The topological polar surface area (TPSA) is 70.0 Å². The molecule has 0 saturated heterocycles. The van der Waals surface area contributed by atoms with E-state index in [2.05, 4.69) is 20.7 Å². The van der Waals surface area contributed by atoms with E-state index in [-0.39, 0.29) is 10.2 Å². The van der Waals surface area contributed by atoms with Gasteiger partial charge in [-0.2, -0.15) is 5.26 Å². The predicted octanol–water partition coefficient (Wildman–Crippen LogP) is 1.85. The summed E-state index contributed by atoms with van der Waals surface area (Å²) in [5.74, 6) is -1.12. The zero-order valence-corrected chi connectivity index (χ0v) is 9.77. The number of nitrogens with one attached hydrogen (secondary N) is 1. The number of benzene rings is 1. The summed E-state index contributed by atoms with van der Waals surface area (Å²) in [4.78, 5) is 0. The van der Waals surface area contributed by atoms with Crippen molar-refractivity contribution in [3.8, 4) is 6.07 Å². The first-order valence-electron chi connectivity index (χ1n) is 3.77. The van der Waals surface area contributed by atoms with Gasteiger partial charge in [0.2, 0.25) is 10.0 Å². The van der Waals surface area contributed by atoms with Gasteiger partial charge in [-0.15, -0.1) is 0 Å². The number of hydrogen-bond donors (Lipinski definition) is 1. The second-order valence-electron chi connectivity index (χ2n) is 2.65. The molecule has 7 heteroatoms. The highest BCUT2D eigenvalue weighted by molar-refractivity contribution is 9.10. The Bertz CT molecular complexity index is 510. The van der Waals surface area contributed by atoms with E-state index in [0.29, 0.717) is 0 Å². The minimum atomic E-state index is -3.67. The van der Waals surface area contributed by atoms with Crippen LogP contribution in [0, 0.1) is 17.1 Å². The molecule has 0 spiro atoms. The summed E-state index contributed by atoms with van der Waals surface area (Å²) in [6.07, 6.45) is 0. The lowest BCUT2D eigenvalue weighted by Gasteiger charge is -2.05. The molecule has 0 aliphatic carbocycles. The van der Waals surface area contributed by atoms with Crippen LogP contribution in [0.3, 0.4) is 0 Å². The van der Waals surface area contributed by atoms with Crippen molar-refractivity contribution in [3.05, 3.63) is 28.5 Å². The molecule has 0 atom stereocenters. The highest BCUT2D eigenvalue weighted by Crippen LogP contribution is 2.20. The second kappa shape index (κ2) is 4.59. The Balaban J connectivity index is 2.92. The van der Waals surface area contributed by atoms with Crippen LogP contribution in [0.15, 0.2) is 22.7 Å². The summed E-state index contributed by atoms with van der Waals surface area (Å²) in [6, 6.07) is 5.19. The summed E-state index contributed by atoms with van der Waals surface area (Å²) in [5, 5.41) is 8.24. The van der Waals surface area contributed by atoms with Gasteiger partial charge in [0.15, 0.2) is 5.75 Å². The summed E-state index contributed by atoms with van der Waals surface area (Å²) in [6.45, 7) is 0. The van der Waals surface area contributed by atoms with Crippen molar-refractivity contribution in [2.24, 2.45) is 0 Å². The fourth-order valence-corrected chi connectivity index (χ4v) is 1.97. The monoisotopic (exact) mass is 292 g/mol. The molecular weight excluding hydrogens is 287 g/mol. The van der Waals surface area contributed by atoms with Crippen molar-refractivity contribution in [1.29, 1.82) is 5.26 Å². The molecule has 80 valence electrons. The third-order valence-corrected chi connectivity index (χ3v) is 3.11. The zero-order chi connectivity index (χ0) is 11.5. The highest BCUT2D eigenvalue weighted by atomic mass is 79.9. The largest absolute Gasteiger partial charge is 0.283 e. The van der Waals surface area contributed by atoms with Gasteiger partial charge in [0.25, 0.3) is 0 Å². The van der Waals surface area contributed by atoms with E-state index in [0.717, 1.165) is 6.07 Å². The summed E-state index contributed by atoms with van der Waals surface area (Å²) in [5.41, 5.74) is 0.207. The van der Waals surface area contributed by atoms with E-state index < -0.39 is 21.6 Å². The average Bonchev–Trinajstić information content (AvgIpc) is 2.10. The Morgan fingerprint density at radius 1 is 1.53 bits per heavy atom. The number of hydrogen-bond acceptors (Lipinski definition) is 3. The van der Waals surface area contributed by atoms with Crippen LogP contribution in [0.1, 0.15) is 0 Å². The molecule has 0 saturated carbocycles. The molecule has 1 rings (SSSR count). The minimum Gasteiger partial charge on any atom is -0.283 e. The molecule has 0 fully saturated rings. The van der Waals surface area contributed by atoms with Gasteiger partial charge in [0.1, 0.15) is 5.82 Å². The maximum atomic E-state index is 12.8. The van der Waals surface area contributed by atoms with Gasteiger partial charge >= 0.3 is 0 Å². The van der Waals surface area contributed by atoms with Crippen LogP contribution < -0.4 is 4.72 Å². The summed E-state index contributed by atoms with van der Waals surface area (Å²) >= 11 is 2.92. The molecule has 0 unspecified atom stereocenters. The van der Waals surface area contributed by atoms with E-state index in [1.165, 1.54) is 18.2 Å². The molecule has 0 bridgehead atoms. The van der Waals surface area contributed by atoms with Crippen LogP contribution in [0.5, 0.6) is 0 Å². The van der Waals surface area contributed by atoms with E-state index >= 15 is 0 Å². The molecule has 0 amide bonds. The van der Waals surface area contributed by atoms with Crippen LogP contribution in [-0.2, 0) is 10.0 Å². The first-order chi connectivity index (χ1) is 6.94. The number of nitrogens with zero attached hydrogens (tertiary/aromatic N) is 1. The molecule has 0 radical (unpaired) electrons. The van der Waals surface area contributed by atoms with Crippen molar-refractivity contribution in [1.82, 2.24) is 0 Å². The molecule has 1 aromatic carbocycles. The first kappa shape index (κ1) is 11.9. The number of sulfonamides is 1. The van der Waals surface area contributed by atoms with Gasteiger partial charge in [-0.3, -0.25) is 4.72 Å². The second-order valence-corrected chi connectivity index (χ2v) is 5.22. The van der Waals surface area contributed by atoms with Crippen molar-refractivity contribution < 1.29 is 12.8 Å². The van der Waals surface area contributed by atoms with Gasteiger partial charge in [0, 0.05) is 5.69 Å². The standard InChI is InChI=1S/C8H6BrFN2O2S/c9-7-5-6(1-2-8(7)10)12-15(13,14)4-3-11/h1-2,5,12H,4H2. The number of nitriles is 1. The summed E-state index contributed by atoms with van der Waals surface area (Å²) in [7, 11) is -3.67. The van der Waals surface area contributed by atoms with E-state index in [1.807, 2.05) is 0 Å². The smallest absolute Gasteiger partial charge is 0.246 e. The van der Waals surface area contributed by atoms with Crippen molar-refractivity contribution in [2.75, 3.05) is 10.5 Å². The predicted molar refractivity (Wildman–Crippen MR) is 57.1 cm³/mol. The van der Waals surface area contributed by atoms with Crippen LogP contribution in [0.4, 0.5) is 10.1 Å². The number of anilines is 1. The Kier molecular flexibility index (Phi) is 3.66. The van der Waals surface area contributed by atoms with E-state index in [9.17, 15) is 12.8 Å². The van der Waals surface area contributed by atoms with Crippen molar-refractivity contribution in [2.45, 2.75) is 0 Å². The van der Waals surface area contributed by atoms with Crippen LogP contribution >= 0.6 is 15.9 Å². The highest BCUT2D eigenvalue weighted by Gasteiger charge is 2.10. The fraction of sp³-hybridized carbons (Fsp3) is 0.125. The first-order valence-corrected chi connectivity index (χ1v) is 6.21. The zero-order valence-electron chi connectivity index (χ0n) is 7.37. The summed E-state index contributed by atoms with van der Waals surface area (Å²) < 4.78 is 37.4. The minimum absolute atomic E-state index is 0.152. The molecular formula is C8H6BrFN2O2S. The van der Waals surface area contributed by atoms with Crippen molar-refractivity contribution in [3.63, 3.8) is 0 Å². The lowest BCUT2D eigenvalue weighted by molar-refractivity contribution is 0.604. The molecule has 1 N–H and O–H groups in total. The third kappa shape index (κ3) is 3.49. The Labute approximate surface area is 94.9 Å². The molecule has 0 aliphatic rings. The van der Waals surface area contributed by atoms with Gasteiger partial charge in [-0.25, -0.2) is 12.8 Å². The molecule has 0 aliphatic heterocycles. The molecule has 15 heavy (non-hydrogen) atoms. The van der Waals surface area contributed by atoms with Gasteiger partial charge in [0.05, 0.1) is 10.5 Å². The van der Waals surface area contributed by atoms with Crippen LogP contribution in [0.2, 0.25) is 0 Å². The third-order valence-electron chi connectivity index (χ3n) is 1.45. The maximum Gasteiger partial charge on any atom is 0.246 e. The molecule has 0 aromatic heterocycles. The Morgan fingerprint density at radius 3 is 2.73 bits per heavy atom. The van der Waals surface area contributed by atoms with Crippen molar-refractivity contribution >= 4 is 31.6 Å². The van der Waals surface area contributed by atoms with E-state index in [1.54, 1.807) is 0 Å². The fourth-order valence-electron chi connectivity index (χ4n) is 0.860. The van der Waals surface area contributed by atoms with Gasteiger partial charge < -0.3 is 0 Å². The van der Waals surface area contributed by atoms with Crippen LogP contribution in [-0.4, -0.2) is 14.2 Å².